The molecule has 0 saturated heterocycles. The van der Waals surface area contributed by atoms with E-state index in [1.807, 2.05) is 31.2 Å². The molecular formula is C11H12O2. The number of carbonyl (C=O) groups is 1. The highest BCUT2D eigenvalue weighted by atomic mass is 16.4. The summed E-state index contributed by atoms with van der Waals surface area (Å²) < 4.78 is 0. The summed E-state index contributed by atoms with van der Waals surface area (Å²) in [5.41, 5.74) is 2.15. The van der Waals surface area contributed by atoms with Crippen LogP contribution in [0.2, 0.25) is 0 Å². The zero-order valence-corrected chi connectivity index (χ0v) is 7.53. The van der Waals surface area contributed by atoms with Crippen molar-refractivity contribution in [3.05, 3.63) is 41.5 Å². The van der Waals surface area contributed by atoms with Gasteiger partial charge < -0.3 is 5.11 Å². The van der Waals surface area contributed by atoms with Crippen molar-refractivity contribution in [1.29, 1.82) is 0 Å². The molecule has 0 fully saturated rings. The lowest BCUT2D eigenvalue weighted by atomic mass is 10.1. The molecule has 2 nitrogen and oxygen atoms in total. The number of aryl methyl sites for hydroxylation is 1. The molecule has 68 valence electrons. The largest absolute Gasteiger partial charge is 0.478 e. The van der Waals surface area contributed by atoms with Gasteiger partial charge in [-0.15, -0.1) is 0 Å². The number of aliphatic carboxylic acids is 1. The van der Waals surface area contributed by atoms with E-state index in [2.05, 4.69) is 0 Å². The van der Waals surface area contributed by atoms with Crippen LogP contribution in [0.3, 0.4) is 0 Å². The summed E-state index contributed by atoms with van der Waals surface area (Å²) in [5.74, 6) is -0.911. The normalized spacial score (nSPS) is 10.5. The van der Waals surface area contributed by atoms with Crippen LogP contribution in [0.1, 0.15) is 18.1 Å². The molecule has 0 aromatic heterocycles. The van der Waals surface area contributed by atoms with Crippen molar-refractivity contribution in [2.45, 2.75) is 13.3 Å². The first-order valence-electron chi connectivity index (χ1n) is 4.23. The summed E-state index contributed by atoms with van der Waals surface area (Å²) in [5, 5.41) is 8.45. The lowest BCUT2D eigenvalue weighted by Gasteiger charge is -2.00. The minimum absolute atomic E-state index is 0.911. The maximum Gasteiger partial charge on any atom is 0.328 e. The molecule has 0 heterocycles. The molecule has 0 bridgehead atoms. The average molecular weight is 176 g/mol. The van der Waals surface area contributed by atoms with Crippen LogP contribution in [0.4, 0.5) is 0 Å². The van der Waals surface area contributed by atoms with Gasteiger partial charge in [0.05, 0.1) is 0 Å². The van der Waals surface area contributed by atoms with Gasteiger partial charge in [-0.2, -0.15) is 0 Å². The SMILES string of the molecule is CCc1ccccc1C=CC(=O)O. The lowest BCUT2D eigenvalue weighted by molar-refractivity contribution is -0.131. The van der Waals surface area contributed by atoms with Crippen molar-refractivity contribution in [2.24, 2.45) is 0 Å². The van der Waals surface area contributed by atoms with Crippen LogP contribution in [-0.2, 0) is 11.2 Å². The van der Waals surface area contributed by atoms with Crippen molar-refractivity contribution in [2.75, 3.05) is 0 Å². The van der Waals surface area contributed by atoms with E-state index >= 15 is 0 Å². The fourth-order valence-electron chi connectivity index (χ4n) is 1.18. The van der Waals surface area contributed by atoms with Crippen molar-refractivity contribution >= 4 is 12.0 Å². The van der Waals surface area contributed by atoms with Crippen LogP contribution in [0, 0.1) is 0 Å². The van der Waals surface area contributed by atoms with E-state index in [-0.39, 0.29) is 0 Å². The topological polar surface area (TPSA) is 37.3 Å². The molecule has 1 aromatic rings. The second kappa shape index (κ2) is 4.45. The van der Waals surface area contributed by atoms with Gasteiger partial charge in [-0.3, -0.25) is 0 Å². The maximum absolute atomic E-state index is 10.3. The van der Waals surface area contributed by atoms with Crippen LogP contribution in [0.15, 0.2) is 30.3 Å². The third kappa shape index (κ3) is 2.75. The summed E-state index contributed by atoms with van der Waals surface area (Å²) in [7, 11) is 0. The number of hydrogen-bond donors (Lipinski definition) is 1. The predicted molar refractivity (Wildman–Crippen MR) is 52.5 cm³/mol. The molecule has 0 unspecified atom stereocenters. The molecule has 0 spiro atoms. The molecule has 0 atom stereocenters. The number of carboxylic acid groups (broad SMARTS) is 1. The summed E-state index contributed by atoms with van der Waals surface area (Å²) in [6, 6.07) is 7.78. The first-order valence-corrected chi connectivity index (χ1v) is 4.23. The first kappa shape index (κ1) is 9.52. The van der Waals surface area contributed by atoms with E-state index in [9.17, 15) is 4.79 Å². The Bertz CT molecular complexity index is 327. The van der Waals surface area contributed by atoms with E-state index in [0.717, 1.165) is 18.1 Å². The molecule has 0 aliphatic carbocycles. The molecule has 0 amide bonds. The molecule has 1 N–H and O–H groups in total. The summed E-state index contributed by atoms with van der Waals surface area (Å²) in [4.78, 5) is 10.3. The van der Waals surface area contributed by atoms with E-state index in [1.165, 1.54) is 5.56 Å². The minimum atomic E-state index is -0.911. The lowest BCUT2D eigenvalue weighted by Crippen LogP contribution is -1.88. The van der Waals surface area contributed by atoms with Crippen molar-refractivity contribution in [1.82, 2.24) is 0 Å². The molecular weight excluding hydrogens is 164 g/mol. The Hall–Kier alpha value is -1.57. The van der Waals surface area contributed by atoms with Crippen LogP contribution in [0.5, 0.6) is 0 Å². The van der Waals surface area contributed by atoms with Gasteiger partial charge in [0.2, 0.25) is 0 Å². The number of benzene rings is 1. The van der Waals surface area contributed by atoms with Crippen molar-refractivity contribution in [3.63, 3.8) is 0 Å². The van der Waals surface area contributed by atoms with Gasteiger partial charge in [-0.25, -0.2) is 4.79 Å². The maximum atomic E-state index is 10.3. The Balaban J connectivity index is 2.93. The Morgan fingerprint density at radius 3 is 2.77 bits per heavy atom. The summed E-state index contributed by atoms with van der Waals surface area (Å²) >= 11 is 0. The first-order chi connectivity index (χ1) is 6.24. The van der Waals surface area contributed by atoms with Gasteiger partial charge in [0.1, 0.15) is 0 Å². The Morgan fingerprint density at radius 1 is 1.46 bits per heavy atom. The van der Waals surface area contributed by atoms with Gasteiger partial charge in [-0.1, -0.05) is 31.2 Å². The second-order valence-electron chi connectivity index (χ2n) is 2.72. The van der Waals surface area contributed by atoms with E-state index in [0.29, 0.717) is 0 Å². The molecule has 0 saturated carbocycles. The zero-order valence-electron chi connectivity index (χ0n) is 7.53. The van der Waals surface area contributed by atoms with E-state index in [1.54, 1.807) is 6.08 Å². The monoisotopic (exact) mass is 176 g/mol. The molecule has 1 rings (SSSR count). The Labute approximate surface area is 77.5 Å². The quantitative estimate of drug-likeness (QED) is 0.718. The number of hydrogen-bond acceptors (Lipinski definition) is 1. The highest BCUT2D eigenvalue weighted by Gasteiger charge is 1.95. The van der Waals surface area contributed by atoms with E-state index < -0.39 is 5.97 Å². The van der Waals surface area contributed by atoms with Crippen LogP contribution in [-0.4, -0.2) is 11.1 Å². The van der Waals surface area contributed by atoms with Crippen LogP contribution >= 0.6 is 0 Å². The average Bonchev–Trinajstić information content (AvgIpc) is 2.15. The number of carboxylic acids is 1. The highest BCUT2D eigenvalue weighted by Crippen LogP contribution is 2.10. The zero-order chi connectivity index (χ0) is 9.68. The summed E-state index contributed by atoms with van der Waals surface area (Å²) in [6.45, 7) is 2.05. The molecule has 13 heavy (non-hydrogen) atoms. The fourth-order valence-corrected chi connectivity index (χ4v) is 1.18. The molecule has 1 aromatic carbocycles. The highest BCUT2D eigenvalue weighted by molar-refractivity contribution is 5.85. The molecule has 0 aliphatic heterocycles. The third-order valence-corrected chi connectivity index (χ3v) is 1.84. The Morgan fingerprint density at radius 2 is 2.15 bits per heavy atom. The van der Waals surface area contributed by atoms with Crippen molar-refractivity contribution < 1.29 is 9.90 Å². The third-order valence-electron chi connectivity index (χ3n) is 1.84. The predicted octanol–water partition coefficient (Wildman–Crippen LogP) is 2.35. The molecule has 0 radical (unpaired) electrons. The van der Waals surface area contributed by atoms with Gasteiger partial charge in [-0.05, 0) is 23.6 Å². The minimum Gasteiger partial charge on any atom is -0.478 e. The fraction of sp³-hybridized carbons (Fsp3) is 0.182. The Kier molecular flexibility index (Phi) is 3.26. The van der Waals surface area contributed by atoms with Gasteiger partial charge in [0, 0.05) is 6.08 Å². The molecule has 0 aliphatic rings. The van der Waals surface area contributed by atoms with Crippen LogP contribution in [0.25, 0.3) is 6.08 Å². The molecule has 2 heteroatoms. The van der Waals surface area contributed by atoms with Crippen LogP contribution < -0.4 is 0 Å². The van der Waals surface area contributed by atoms with Crippen molar-refractivity contribution in [3.8, 4) is 0 Å². The second-order valence-corrected chi connectivity index (χ2v) is 2.72. The van der Waals surface area contributed by atoms with Gasteiger partial charge in [0.25, 0.3) is 0 Å². The standard InChI is InChI=1S/C11H12O2/c1-2-9-5-3-4-6-10(9)7-8-11(12)13/h3-8H,2H2,1H3,(H,12,13). The number of rotatable bonds is 3. The smallest absolute Gasteiger partial charge is 0.328 e. The van der Waals surface area contributed by atoms with Gasteiger partial charge >= 0.3 is 5.97 Å². The van der Waals surface area contributed by atoms with E-state index in [4.69, 9.17) is 5.11 Å². The summed E-state index contributed by atoms with van der Waals surface area (Å²) in [6.07, 6.45) is 3.70. The van der Waals surface area contributed by atoms with Gasteiger partial charge in [0.15, 0.2) is 0 Å².